The highest BCUT2D eigenvalue weighted by molar-refractivity contribution is 5.99. The van der Waals surface area contributed by atoms with E-state index < -0.39 is 12.7 Å². The second kappa shape index (κ2) is 6.19. The molecule has 3 aromatic rings. The lowest BCUT2D eigenvalue weighted by Gasteiger charge is -2.15. The SMILES string of the molecule is Cc1cccc(C)c1-c1nc(NCC(F)(F)F)cc2c(N)ncnc12. The largest absolute Gasteiger partial charge is 0.405 e. The molecule has 0 bridgehead atoms. The zero-order valence-corrected chi connectivity index (χ0v) is 13.6. The number of hydrogen-bond donors (Lipinski definition) is 2. The maximum atomic E-state index is 12.5. The minimum atomic E-state index is -4.35. The lowest BCUT2D eigenvalue weighted by molar-refractivity contribution is -0.115. The average Bonchev–Trinajstić information content (AvgIpc) is 2.53. The Balaban J connectivity index is 2.24. The Morgan fingerprint density at radius 3 is 2.44 bits per heavy atom. The van der Waals surface area contributed by atoms with Crippen LogP contribution in [0.1, 0.15) is 11.1 Å². The maximum Gasteiger partial charge on any atom is 0.405 e. The summed E-state index contributed by atoms with van der Waals surface area (Å²) in [5, 5.41) is 2.76. The number of halogens is 3. The third-order valence-electron chi connectivity index (χ3n) is 3.84. The van der Waals surface area contributed by atoms with Crippen LogP contribution < -0.4 is 11.1 Å². The first kappa shape index (κ1) is 16.9. The number of nitrogens with two attached hydrogens (primary N) is 1. The number of aromatic nitrogens is 3. The summed E-state index contributed by atoms with van der Waals surface area (Å²) in [4.78, 5) is 12.6. The first-order valence-corrected chi connectivity index (χ1v) is 7.54. The Hall–Kier alpha value is -2.90. The van der Waals surface area contributed by atoms with Crippen molar-refractivity contribution in [3.8, 4) is 11.3 Å². The van der Waals surface area contributed by atoms with Gasteiger partial charge in [0.2, 0.25) is 0 Å². The van der Waals surface area contributed by atoms with E-state index in [1.165, 1.54) is 12.4 Å². The number of pyridine rings is 1. The number of fused-ring (bicyclic) bond motifs is 1. The highest BCUT2D eigenvalue weighted by Crippen LogP contribution is 2.33. The van der Waals surface area contributed by atoms with Crippen LogP contribution in [0.5, 0.6) is 0 Å². The van der Waals surface area contributed by atoms with Crippen molar-refractivity contribution in [2.24, 2.45) is 0 Å². The monoisotopic (exact) mass is 347 g/mol. The molecule has 0 aliphatic carbocycles. The van der Waals surface area contributed by atoms with Gasteiger partial charge in [0.15, 0.2) is 0 Å². The van der Waals surface area contributed by atoms with Crippen molar-refractivity contribution in [1.29, 1.82) is 0 Å². The lowest BCUT2D eigenvalue weighted by atomic mass is 9.98. The van der Waals surface area contributed by atoms with Crippen molar-refractivity contribution < 1.29 is 13.2 Å². The molecule has 0 saturated carbocycles. The van der Waals surface area contributed by atoms with Crippen LogP contribution in [-0.2, 0) is 0 Å². The number of aryl methyl sites for hydroxylation is 2. The molecule has 0 atom stereocenters. The summed E-state index contributed by atoms with van der Waals surface area (Å²) >= 11 is 0. The van der Waals surface area contributed by atoms with Gasteiger partial charge in [-0.15, -0.1) is 0 Å². The first-order chi connectivity index (χ1) is 11.8. The van der Waals surface area contributed by atoms with Gasteiger partial charge in [0.05, 0.1) is 5.69 Å². The molecule has 0 aliphatic rings. The molecule has 0 aliphatic heterocycles. The molecule has 0 saturated heterocycles. The van der Waals surface area contributed by atoms with E-state index in [-0.39, 0.29) is 11.6 Å². The predicted molar refractivity (Wildman–Crippen MR) is 91.2 cm³/mol. The third-order valence-corrected chi connectivity index (χ3v) is 3.84. The minimum Gasteiger partial charge on any atom is -0.383 e. The Labute approximate surface area is 142 Å². The van der Waals surface area contributed by atoms with Crippen LogP contribution in [-0.4, -0.2) is 27.7 Å². The number of benzene rings is 1. The van der Waals surface area contributed by atoms with E-state index in [1.807, 2.05) is 32.0 Å². The van der Waals surface area contributed by atoms with Crippen molar-refractivity contribution in [3.63, 3.8) is 0 Å². The summed E-state index contributed by atoms with van der Waals surface area (Å²) in [6.07, 6.45) is -3.03. The van der Waals surface area contributed by atoms with Crippen LogP contribution in [0.4, 0.5) is 24.8 Å². The molecule has 130 valence electrons. The molecule has 0 radical (unpaired) electrons. The molecule has 3 rings (SSSR count). The number of nitrogens with one attached hydrogen (secondary N) is 1. The molecule has 0 fully saturated rings. The highest BCUT2D eigenvalue weighted by atomic mass is 19.4. The van der Waals surface area contributed by atoms with Gasteiger partial charge in [0.1, 0.15) is 30.0 Å². The van der Waals surface area contributed by atoms with E-state index >= 15 is 0 Å². The van der Waals surface area contributed by atoms with Crippen molar-refractivity contribution in [3.05, 3.63) is 41.7 Å². The first-order valence-electron chi connectivity index (χ1n) is 7.54. The maximum absolute atomic E-state index is 12.5. The summed E-state index contributed by atoms with van der Waals surface area (Å²) in [5.74, 6) is 0.263. The summed E-state index contributed by atoms with van der Waals surface area (Å²) in [7, 11) is 0. The van der Waals surface area contributed by atoms with Gasteiger partial charge in [-0.25, -0.2) is 15.0 Å². The van der Waals surface area contributed by atoms with Gasteiger partial charge in [-0.2, -0.15) is 13.2 Å². The van der Waals surface area contributed by atoms with Crippen molar-refractivity contribution in [2.45, 2.75) is 20.0 Å². The van der Waals surface area contributed by atoms with Gasteiger partial charge in [-0.3, -0.25) is 0 Å². The van der Waals surface area contributed by atoms with E-state index in [2.05, 4.69) is 20.3 Å². The third kappa shape index (κ3) is 3.47. The predicted octanol–water partition coefficient (Wildman–Crippen LogP) is 3.87. The molecule has 1 aromatic carbocycles. The molecule has 0 unspecified atom stereocenters. The standard InChI is InChI=1S/C17H16F3N5/c1-9-4-3-5-10(2)13(9)15-14-11(16(21)24-8-23-14)6-12(25-15)22-7-17(18,19)20/h3-6,8H,7H2,1-2H3,(H,22,25)(H2,21,23,24). The molecule has 0 spiro atoms. The van der Waals surface area contributed by atoms with Gasteiger partial charge in [0, 0.05) is 10.9 Å². The zero-order valence-electron chi connectivity index (χ0n) is 13.6. The molecule has 8 heteroatoms. The summed E-state index contributed by atoms with van der Waals surface area (Å²) in [6.45, 7) is 2.64. The minimum absolute atomic E-state index is 0.0731. The number of anilines is 2. The smallest absolute Gasteiger partial charge is 0.383 e. The van der Waals surface area contributed by atoms with Gasteiger partial charge in [-0.05, 0) is 31.0 Å². The molecule has 25 heavy (non-hydrogen) atoms. The Morgan fingerprint density at radius 1 is 1.12 bits per heavy atom. The number of rotatable bonds is 3. The van der Waals surface area contributed by atoms with Crippen LogP contribution in [0, 0.1) is 13.8 Å². The second-order valence-corrected chi connectivity index (χ2v) is 5.75. The summed E-state index contributed by atoms with van der Waals surface area (Å²) < 4.78 is 37.6. The molecule has 5 nitrogen and oxygen atoms in total. The zero-order chi connectivity index (χ0) is 18.2. The number of nitrogens with zero attached hydrogens (tertiary/aromatic N) is 3. The molecule has 2 aromatic heterocycles. The number of alkyl halides is 3. The van der Waals surface area contributed by atoms with E-state index in [1.54, 1.807) is 0 Å². The molecule has 0 amide bonds. The Morgan fingerprint density at radius 2 is 1.80 bits per heavy atom. The van der Waals surface area contributed by atoms with E-state index in [0.717, 1.165) is 16.7 Å². The van der Waals surface area contributed by atoms with E-state index in [0.29, 0.717) is 16.6 Å². The van der Waals surface area contributed by atoms with Crippen LogP contribution in [0.15, 0.2) is 30.6 Å². The fourth-order valence-corrected chi connectivity index (χ4v) is 2.73. The normalized spacial score (nSPS) is 11.7. The number of hydrogen-bond acceptors (Lipinski definition) is 5. The topological polar surface area (TPSA) is 76.7 Å². The van der Waals surface area contributed by atoms with Gasteiger partial charge in [-0.1, -0.05) is 18.2 Å². The van der Waals surface area contributed by atoms with Crippen LogP contribution in [0.25, 0.3) is 22.2 Å². The molecular weight excluding hydrogens is 331 g/mol. The van der Waals surface area contributed by atoms with Crippen molar-refractivity contribution >= 4 is 22.5 Å². The molecule has 2 heterocycles. The van der Waals surface area contributed by atoms with Crippen LogP contribution in [0.3, 0.4) is 0 Å². The van der Waals surface area contributed by atoms with Gasteiger partial charge >= 0.3 is 6.18 Å². The van der Waals surface area contributed by atoms with E-state index in [9.17, 15) is 13.2 Å². The van der Waals surface area contributed by atoms with Crippen LogP contribution in [0.2, 0.25) is 0 Å². The second-order valence-electron chi connectivity index (χ2n) is 5.75. The summed E-state index contributed by atoms with van der Waals surface area (Å²) in [6, 6.07) is 7.17. The Kier molecular flexibility index (Phi) is 4.20. The van der Waals surface area contributed by atoms with Gasteiger partial charge in [0.25, 0.3) is 0 Å². The number of nitrogen functional groups attached to an aromatic ring is 1. The Bertz CT molecular complexity index is 917. The van der Waals surface area contributed by atoms with Crippen molar-refractivity contribution in [2.75, 3.05) is 17.6 Å². The quantitative estimate of drug-likeness (QED) is 0.752. The van der Waals surface area contributed by atoms with Crippen molar-refractivity contribution in [1.82, 2.24) is 15.0 Å². The molecular formula is C17H16F3N5. The van der Waals surface area contributed by atoms with Crippen LogP contribution >= 0.6 is 0 Å². The van der Waals surface area contributed by atoms with Gasteiger partial charge < -0.3 is 11.1 Å². The summed E-state index contributed by atoms with van der Waals surface area (Å²) in [5.41, 5.74) is 9.59. The fourth-order valence-electron chi connectivity index (χ4n) is 2.73. The fraction of sp³-hybridized carbons (Fsp3) is 0.235. The lowest BCUT2D eigenvalue weighted by Crippen LogP contribution is -2.22. The highest BCUT2D eigenvalue weighted by Gasteiger charge is 2.27. The van der Waals surface area contributed by atoms with E-state index in [4.69, 9.17) is 5.73 Å². The average molecular weight is 347 g/mol. The molecule has 3 N–H and O–H groups in total.